The Bertz CT molecular complexity index is 1370. The maximum atomic E-state index is 13.5. The molecule has 0 saturated heterocycles. The Hall–Kier alpha value is -4.31. The van der Waals surface area contributed by atoms with E-state index in [-0.39, 0.29) is 22.3 Å². The first kappa shape index (κ1) is 23.8. The van der Waals surface area contributed by atoms with Crippen molar-refractivity contribution in [2.75, 3.05) is 19.5 Å². The molecule has 0 unspecified atom stereocenters. The number of aromatic nitrogens is 1. The van der Waals surface area contributed by atoms with E-state index in [1.54, 1.807) is 42.5 Å². The lowest BCUT2D eigenvalue weighted by Gasteiger charge is -2.09. The largest absolute Gasteiger partial charge is 0.493 e. The first-order chi connectivity index (χ1) is 16.9. The lowest BCUT2D eigenvalue weighted by molar-refractivity contribution is -0.729. The zero-order valence-corrected chi connectivity index (χ0v) is 19.6. The molecule has 8 nitrogen and oxygen atoms in total. The van der Waals surface area contributed by atoms with Gasteiger partial charge >= 0.3 is 5.69 Å². The maximum Gasteiger partial charge on any atom is 0.316 e. The van der Waals surface area contributed by atoms with Crippen LogP contribution in [-0.2, 0) is 6.42 Å². The second kappa shape index (κ2) is 10.3. The fraction of sp³-hybridized carbons (Fsp3) is 0.120. The van der Waals surface area contributed by atoms with Crippen molar-refractivity contribution in [1.82, 2.24) is 4.98 Å². The molecule has 0 saturated carbocycles. The molecule has 1 heterocycles. The molecule has 10 heteroatoms. The minimum atomic E-state index is -0.375. The summed E-state index contributed by atoms with van der Waals surface area (Å²) in [5.74, 6) is 0.190. The molecule has 1 amide bonds. The van der Waals surface area contributed by atoms with Crippen molar-refractivity contribution in [3.8, 4) is 22.8 Å². The minimum Gasteiger partial charge on any atom is -0.493 e. The number of hydrogen-bond acceptors (Lipinski definition) is 6. The van der Waals surface area contributed by atoms with E-state index < -0.39 is 0 Å². The number of halogens is 1. The molecule has 1 aromatic heterocycles. The Morgan fingerprint density at radius 2 is 1.71 bits per heavy atom. The monoisotopic (exact) mass is 494 g/mol. The Morgan fingerprint density at radius 3 is 2.34 bits per heavy atom. The van der Waals surface area contributed by atoms with Gasteiger partial charge in [0.2, 0.25) is 0 Å². The van der Waals surface area contributed by atoms with Gasteiger partial charge in [-0.15, -0.1) is 11.3 Å². The number of nitrogens with zero attached hydrogens (tertiary/aromatic N) is 2. The van der Waals surface area contributed by atoms with Gasteiger partial charge in [-0.25, -0.2) is 14.6 Å². The van der Waals surface area contributed by atoms with Gasteiger partial charge in [0.1, 0.15) is 5.82 Å². The molecule has 35 heavy (non-hydrogen) atoms. The molecule has 0 spiro atoms. The van der Waals surface area contributed by atoms with Crippen LogP contribution in [0.15, 0.2) is 66.7 Å². The lowest BCUT2D eigenvalue weighted by Crippen LogP contribution is -2.12. The number of hydrogen-bond donors (Lipinski definition) is 2. The molecule has 2 N–H and O–H groups in total. The van der Waals surface area contributed by atoms with Gasteiger partial charge in [0.25, 0.3) is 10.8 Å². The minimum absolute atomic E-state index is 0.111. The summed E-state index contributed by atoms with van der Waals surface area (Å²) in [5, 5.41) is 12.2. The van der Waals surface area contributed by atoms with E-state index in [4.69, 9.17) is 14.7 Å². The number of rotatable bonds is 8. The molecule has 0 aliphatic rings. The van der Waals surface area contributed by atoms with Gasteiger partial charge in [0, 0.05) is 34.6 Å². The second-order valence-electron chi connectivity index (χ2n) is 7.44. The Balaban J connectivity index is 1.64. The van der Waals surface area contributed by atoms with Crippen LogP contribution < -0.4 is 14.8 Å². The Kier molecular flexibility index (Phi) is 7.02. The molecular weight excluding hydrogens is 473 g/mol. The van der Waals surface area contributed by atoms with Crippen LogP contribution in [0.4, 0.5) is 15.2 Å². The highest BCUT2D eigenvalue weighted by molar-refractivity contribution is 7.16. The average Bonchev–Trinajstić information content (AvgIpc) is 3.26. The summed E-state index contributed by atoms with van der Waals surface area (Å²) in [6, 6.07) is 17.2. The summed E-state index contributed by atoms with van der Waals surface area (Å²) in [5.41, 5.74) is 2.64. The van der Waals surface area contributed by atoms with E-state index in [1.807, 2.05) is 0 Å². The third-order valence-electron chi connectivity index (χ3n) is 5.20. The summed E-state index contributed by atoms with van der Waals surface area (Å²) in [6.45, 7) is 0. The zero-order valence-electron chi connectivity index (χ0n) is 18.8. The number of methoxy groups -OCH3 is 2. The van der Waals surface area contributed by atoms with Crippen molar-refractivity contribution in [2.45, 2.75) is 6.42 Å². The van der Waals surface area contributed by atoms with E-state index >= 15 is 0 Å². The van der Waals surface area contributed by atoms with Crippen LogP contribution in [0.1, 0.15) is 20.8 Å². The second-order valence-corrected chi connectivity index (χ2v) is 8.52. The van der Waals surface area contributed by atoms with E-state index in [2.05, 4.69) is 10.3 Å². The van der Waals surface area contributed by atoms with E-state index in [1.165, 1.54) is 49.8 Å². The highest BCUT2D eigenvalue weighted by Crippen LogP contribution is 2.34. The molecule has 0 fully saturated rings. The average molecular weight is 495 g/mol. The highest BCUT2D eigenvalue weighted by Gasteiger charge is 2.18. The van der Waals surface area contributed by atoms with E-state index in [0.29, 0.717) is 39.9 Å². The number of anilines is 1. The maximum absolute atomic E-state index is 13.5. The first-order valence-electron chi connectivity index (χ1n) is 10.4. The van der Waals surface area contributed by atoms with E-state index in [9.17, 15) is 14.1 Å². The quantitative estimate of drug-likeness (QED) is 0.309. The van der Waals surface area contributed by atoms with Gasteiger partial charge in [-0.3, -0.25) is 10.1 Å². The van der Waals surface area contributed by atoms with Gasteiger partial charge in [-0.05, 0) is 48.0 Å². The molecule has 4 aromatic rings. The molecule has 0 aliphatic heterocycles. The van der Waals surface area contributed by atoms with Crippen molar-refractivity contribution < 1.29 is 28.8 Å². The van der Waals surface area contributed by atoms with Gasteiger partial charge in [0.05, 0.1) is 24.8 Å². The van der Waals surface area contributed by atoms with Crippen LogP contribution in [0.3, 0.4) is 0 Å². The summed E-state index contributed by atoms with van der Waals surface area (Å²) < 4.78 is 24.0. The predicted molar refractivity (Wildman–Crippen MR) is 129 cm³/mol. The molecule has 178 valence electrons. The summed E-state index contributed by atoms with van der Waals surface area (Å²) in [4.78, 5) is 29.2. The van der Waals surface area contributed by atoms with Crippen LogP contribution >= 0.6 is 11.3 Å². The van der Waals surface area contributed by atoms with Gasteiger partial charge in [0.15, 0.2) is 16.6 Å². The number of ether oxygens (including phenoxy) is 2. The first-order valence-corrected chi connectivity index (χ1v) is 11.2. The zero-order chi connectivity index (χ0) is 24.9. The molecule has 4 rings (SSSR count). The normalized spacial score (nSPS) is 10.6. The van der Waals surface area contributed by atoms with Gasteiger partial charge in [-0.1, -0.05) is 12.1 Å². The Labute approximate surface area is 204 Å². The molecule has 3 aromatic carbocycles. The number of amides is 1. The van der Waals surface area contributed by atoms with E-state index in [0.717, 1.165) is 10.4 Å². The molecular formula is C25H21FN3O5S+. The highest BCUT2D eigenvalue weighted by atomic mass is 32.1. The number of carbonyl (C=O) groups is 1. The molecule has 0 radical (unpaired) electrons. The predicted octanol–water partition coefficient (Wildman–Crippen LogP) is 5.61. The van der Waals surface area contributed by atoms with Gasteiger partial charge in [-0.2, -0.15) is 0 Å². The third kappa shape index (κ3) is 5.44. The SMILES string of the molecule is COc1ccc(C(=O)Nc2nc(-c3ccc(F)cc3)c(Cc3ccc([N+](=O)O)cc3)s2)cc1OC. The van der Waals surface area contributed by atoms with Crippen molar-refractivity contribution in [1.29, 1.82) is 0 Å². The topological polar surface area (TPSA) is 101 Å². The Morgan fingerprint density at radius 1 is 1.03 bits per heavy atom. The van der Waals surface area contributed by atoms with Crippen molar-refractivity contribution in [2.24, 2.45) is 0 Å². The van der Waals surface area contributed by atoms with Crippen LogP contribution in [0, 0.1) is 10.7 Å². The van der Waals surface area contributed by atoms with Crippen molar-refractivity contribution in [3.05, 3.63) is 93.5 Å². The number of nitrogens with one attached hydrogen (secondary N) is 1. The smallest absolute Gasteiger partial charge is 0.316 e. The number of thiazole rings is 1. The van der Waals surface area contributed by atoms with Crippen LogP contribution in [-0.4, -0.2) is 35.2 Å². The molecule has 0 bridgehead atoms. The summed E-state index contributed by atoms with van der Waals surface area (Å²) >= 11 is 1.29. The van der Waals surface area contributed by atoms with Crippen LogP contribution in [0.2, 0.25) is 0 Å². The molecule has 0 aliphatic carbocycles. The fourth-order valence-corrected chi connectivity index (χ4v) is 4.44. The van der Waals surface area contributed by atoms with Crippen LogP contribution in [0.5, 0.6) is 11.5 Å². The third-order valence-corrected chi connectivity index (χ3v) is 6.17. The van der Waals surface area contributed by atoms with Gasteiger partial charge < -0.3 is 9.47 Å². The fourth-order valence-electron chi connectivity index (χ4n) is 3.43. The number of carbonyl (C=O) groups excluding carboxylic acids is 1. The van der Waals surface area contributed by atoms with Crippen LogP contribution in [0.25, 0.3) is 11.3 Å². The number of benzene rings is 3. The summed E-state index contributed by atoms with van der Waals surface area (Å²) in [6.07, 6.45) is 0.446. The lowest BCUT2D eigenvalue weighted by atomic mass is 10.1. The van der Waals surface area contributed by atoms with Crippen molar-refractivity contribution >= 4 is 28.1 Å². The molecule has 0 atom stereocenters. The standard InChI is InChI=1S/C25H20FN3O5S/c1-33-20-12-7-17(14-21(20)34-2)24(30)28-25-27-23(16-5-8-18(26)9-6-16)22(35-25)13-15-3-10-19(11-4-15)29(31)32/h3-12,14H,13H2,1-2H3,(H-,27,28,30,31,32)/p+1. The van der Waals surface area contributed by atoms with Crippen molar-refractivity contribution in [3.63, 3.8) is 0 Å². The summed E-state index contributed by atoms with van der Waals surface area (Å²) in [7, 11) is 3.00.